The van der Waals surface area contributed by atoms with E-state index < -0.39 is 0 Å². The number of hydrogen-bond donors (Lipinski definition) is 2. The van der Waals surface area contributed by atoms with Crippen LogP contribution in [0.25, 0.3) is 11.3 Å². The molecule has 4 nitrogen and oxygen atoms in total. The summed E-state index contributed by atoms with van der Waals surface area (Å²) in [7, 11) is 0. The maximum Gasteiger partial charge on any atom is 0.167 e. The number of aromatic nitrogens is 2. The molecule has 0 saturated heterocycles. The van der Waals surface area contributed by atoms with Crippen LogP contribution in [0.4, 0.5) is 0 Å². The molecule has 4 heteroatoms. The number of imidazole rings is 1. The van der Waals surface area contributed by atoms with Crippen LogP contribution in [-0.4, -0.2) is 21.7 Å². The Kier molecular flexibility index (Phi) is 2.58. The summed E-state index contributed by atoms with van der Waals surface area (Å²) in [4.78, 5) is 6.84. The summed E-state index contributed by atoms with van der Waals surface area (Å²) in [6.45, 7) is 2.41. The van der Waals surface area contributed by atoms with E-state index in [1.807, 2.05) is 19.1 Å². The number of nitrogens with zero attached hydrogens (tertiary/aromatic N) is 1. The maximum atomic E-state index is 9.92. The molecular formula is C11H12N2O2. The molecule has 0 amide bonds. The molecule has 0 atom stereocenters. The lowest BCUT2D eigenvalue weighted by Crippen LogP contribution is -1.92. The van der Waals surface area contributed by atoms with Gasteiger partial charge in [-0.3, -0.25) is 0 Å². The highest BCUT2D eigenvalue weighted by molar-refractivity contribution is 5.69. The lowest BCUT2D eigenvalue weighted by atomic mass is 10.1. The number of phenolic OH excluding ortho intramolecular Hbond substituents is 1. The normalized spacial score (nSPS) is 10.2. The van der Waals surface area contributed by atoms with Crippen LogP contribution in [0.3, 0.4) is 0 Å². The predicted octanol–water partition coefficient (Wildman–Crippen LogP) is 2.18. The summed E-state index contributed by atoms with van der Waals surface area (Å²) >= 11 is 0. The molecule has 1 aromatic heterocycles. The van der Waals surface area contributed by atoms with Crippen LogP contribution in [0.15, 0.2) is 30.7 Å². The van der Waals surface area contributed by atoms with E-state index in [4.69, 9.17) is 4.74 Å². The smallest absolute Gasteiger partial charge is 0.167 e. The van der Waals surface area contributed by atoms with E-state index in [9.17, 15) is 5.11 Å². The highest BCUT2D eigenvalue weighted by Gasteiger charge is 2.10. The van der Waals surface area contributed by atoms with Crippen molar-refractivity contribution in [2.24, 2.45) is 0 Å². The Balaban J connectivity index is 2.45. The molecule has 1 heterocycles. The van der Waals surface area contributed by atoms with E-state index in [2.05, 4.69) is 9.97 Å². The van der Waals surface area contributed by atoms with Gasteiger partial charge in [-0.25, -0.2) is 4.98 Å². The highest BCUT2D eigenvalue weighted by Crippen LogP contribution is 2.35. The standard InChI is InChI=1S/C11H12N2O2/c1-2-15-10-5-3-4-8(11(10)14)9-6-12-7-13-9/h3-7,14H,2H2,1H3,(H,12,13). The summed E-state index contributed by atoms with van der Waals surface area (Å²) in [5.74, 6) is 0.633. The largest absolute Gasteiger partial charge is 0.504 e. The minimum absolute atomic E-state index is 0.142. The Bertz CT molecular complexity index is 438. The van der Waals surface area contributed by atoms with E-state index in [0.717, 1.165) is 5.69 Å². The maximum absolute atomic E-state index is 9.92. The minimum Gasteiger partial charge on any atom is -0.504 e. The number of H-pyrrole nitrogens is 1. The summed E-state index contributed by atoms with van der Waals surface area (Å²) < 4.78 is 5.29. The van der Waals surface area contributed by atoms with Crippen molar-refractivity contribution in [2.75, 3.05) is 6.61 Å². The van der Waals surface area contributed by atoms with Gasteiger partial charge in [-0.15, -0.1) is 0 Å². The molecule has 2 aromatic rings. The van der Waals surface area contributed by atoms with Gasteiger partial charge >= 0.3 is 0 Å². The molecule has 0 aliphatic heterocycles. The van der Waals surface area contributed by atoms with Crippen molar-refractivity contribution >= 4 is 0 Å². The number of hydrogen-bond acceptors (Lipinski definition) is 3. The van der Waals surface area contributed by atoms with Gasteiger partial charge in [0.05, 0.1) is 24.8 Å². The van der Waals surface area contributed by atoms with Crippen LogP contribution < -0.4 is 4.74 Å². The Morgan fingerprint density at radius 3 is 3.00 bits per heavy atom. The first kappa shape index (κ1) is 9.58. The first-order valence-corrected chi connectivity index (χ1v) is 4.76. The van der Waals surface area contributed by atoms with Crippen LogP contribution in [0.2, 0.25) is 0 Å². The molecule has 0 fully saturated rings. The van der Waals surface area contributed by atoms with Gasteiger partial charge in [0, 0.05) is 5.56 Å². The summed E-state index contributed by atoms with van der Waals surface area (Å²) in [6.07, 6.45) is 3.23. The third-order valence-corrected chi connectivity index (χ3v) is 2.09. The molecule has 0 bridgehead atoms. The van der Waals surface area contributed by atoms with Gasteiger partial charge in [0.2, 0.25) is 0 Å². The number of benzene rings is 1. The fourth-order valence-corrected chi connectivity index (χ4v) is 1.41. The number of aromatic hydroxyl groups is 1. The Morgan fingerprint density at radius 2 is 2.33 bits per heavy atom. The van der Waals surface area contributed by atoms with Crippen molar-refractivity contribution in [3.8, 4) is 22.8 Å². The zero-order valence-electron chi connectivity index (χ0n) is 8.40. The fourth-order valence-electron chi connectivity index (χ4n) is 1.41. The molecule has 0 aliphatic carbocycles. The Labute approximate surface area is 87.6 Å². The van der Waals surface area contributed by atoms with Gasteiger partial charge in [0.15, 0.2) is 11.5 Å². The van der Waals surface area contributed by atoms with Gasteiger partial charge < -0.3 is 14.8 Å². The molecule has 15 heavy (non-hydrogen) atoms. The van der Waals surface area contributed by atoms with Crippen molar-refractivity contribution in [1.82, 2.24) is 9.97 Å². The molecule has 0 unspecified atom stereocenters. The molecule has 1 aromatic carbocycles. The quantitative estimate of drug-likeness (QED) is 0.805. The van der Waals surface area contributed by atoms with Crippen molar-refractivity contribution < 1.29 is 9.84 Å². The van der Waals surface area contributed by atoms with Crippen LogP contribution in [0, 0.1) is 0 Å². The molecular weight excluding hydrogens is 192 g/mol. The average molecular weight is 204 g/mol. The number of phenols is 1. The molecule has 0 radical (unpaired) electrons. The molecule has 2 N–H and O–H groups in total. The van der Waals surface area contributed by atoms with E-state index >= 15 is 0 Å². The van der Waals surface area contributed by atoms with Gasteiger partial charge in [-0.1, -0.05) is 6.07 Å². The predicted molar refractivity (Wildman–Crippen MR) is 56.9 cm³/mol. The summed E-state index contributed by atoms with van der Waals surface area (Å²) in [5.41, 5.74) is 1.47. The minimum atomic E-state index is 0.142. The Morgan fingerprint density at radius 1 is 1.47 bits per heavy atom. The van der Waals surface area contributed by atoms with Gasteiger partial charge in [-0.05, 0) is 19.1 Å². The number of para-hydroxylation sites is 1. The zero-order chi connectivity index (χ0) is 10.7. The van der Waals surface area contributed by atoms with Crippen molar-refractivity contribution in [3.63, 3.8) is 0 Å². The lowest BCUT2D eigenvalue weighted by molar-refractivity contribution is 0.318. The monoisotopic (exact) mass is 204 g/mol. The van der Waals surface area contributed by atoms with E-state index in [1.54, 1.807) is 18.6 Å². The number of nitrogens with one attached hydrogen (secondary N) is 1. The third-order valence-electron chi connectivity index (χ3n) is 2.09. The summed E-state index contributed by atoms with van der Waals surface area (Å²) in [5, 5.41) is 9.92. The van der Waals surface area contributed by atoms with E-state index in [1.165, 1.54) is 0 Å². The van der Waals surface area contributed by atoms with Crippen LogP contribution in [0.5, 0.6) is 11.5 Å². The lowest BCUT2D eigenvalue weighted by Gasteiger charge is -2.08. The van der Waals surface area contributed by atoms with Crippen molar-refractivity contribution in [1.29, 1.82) is 0 Å². The second-order valence-corrected chi connectivity index (χ2v) is 3.05. The van der Waals surface area contributed by atoms with Crippen LogP contribution >= 0.6 is 0 Å². The first-order chi connectivity index (χ1) is 7.33. The zero-order valence-corrected chi connectivity index (χ0v) is 8.40. The Hall–Kier alpha value is -1.97. The van der Waals surface area contributed by atoms with Gasteiger partial charge in [0.25, 0.3) is 0 Å². The van der Waals surface area contributed by atoms with Crippen molar-refractivity contribution in [3.05, 3.63) is 30.7 Å². The topological polar surface area (TPSA) is 58.1 Å². The first-order valence-electron chi connectivity index (χ1n) is 4.76. The average Bonchev–Trinajstić information content (AvgIpc) is 2.74. The third kappa shape index (κ3) is 1.79. The second kappa shape index (κ2) is 4.04. The second-order valence-electron chi connectivity index (χ2n) is 3.05. The van der Waals surface area contributed by atoms with E-state index in [-0.39, 0.29) is 5.75 Å². The van der Waals surface area contributed by atoms with E-state index in [0.29, 0.717) is 17.9 Å². The van der Waals surface area contributed by atoms with Gasteiger partial charge in [-0.2, -0.15) is 0 Å². The van der Waals surface area contributed by atoms with Crippen molar-refractivity contribution in [2.45, 2.75) is 6.92 Å². The van der Waals surface area contributed by atoms with Crippen LogP contribution in [0.1, 0.15) is 6.92 Å². The highest BCUT2D eigenvalue weighted by atomic mass is 16.5. The molecule has 78 valence electrons. The number of aromatic amines is 1. The van der Waals surface area contributed by atoms with Crippen LogP contribution in [-0.2, 0) is 0 Å². The molecule has 0 aliphatic rings. The summed E-state index contributed by atoms with van der Waals surface area (Å²) in [6, 6.07) is 5.38. The number of rotatable bonds is 3. The molecule has 2 rings (SSSR count). The number of ether oxygens (including phenoxy) is 1. The molecule has 0 spiro atoms. The van der Waals surface area contributed by atoms with Gasteiger partial charge in [0.1, 0.15) is 0 Å². The SMILES string of the molecule is CCOc1cccc(-c2cnc[nH]2)c1O. The fraction of sp³-hybridized carbons (Fsp3) is 0.182. The molecule has 0 saturated carbocycles.